The normalized spacial score (nSPS) is 20.7. The highest BCUT2D eigenvalue weighted by molar-refractivity contribution is 7.89. The molecule has 1 aliphatic heterocycles. The van der Waals surface area contributed by atoms with Crippen molar-refractivity contribution in [3.8, 4) is 0 Å². The van der Waals surface area contributed by atoms with Gasteiger partial charge >= 0.3 is 0 Å². The molecule has 20 heavy (non-hydrogen) atoms. The number of likely N-dealkylation sites (tertiary alicyclic amines) is 1. The molecule has 1 saturated heterocycles. The van der Waals surface area contributed by atoms with Gasteiger partial charge in [0.25, 0.3) is 0 Å². The van der Waals surface area contributed by atoms with Crippen LogP contribution in [0.4, 0.5) is 0 Å². The van der Waals surface area contributed by atoms with Crippen LogP contribution in [0.3, 0.4) is 0 Å². The van der Waals surface area contributed by atoms with Crippen molar-refractivity contribution < 1.29 is 13.2 Å². The van der Waals surface area contributed by atoms with E-state index in [-0.39, 0.29) is 17.6 Å². The molecule has 0 bridgehead atoms. The summed E-state index contributed by atoms with van der Waals surface area (Å²) < 4.78 is 22.2. The van der Waals surface area contributed by atoms with Crippen LogP contribution in [-0.4, -0.2) is 61.6 Å². The lowest BCUT2D eigenvalue weighted by atomic mass is 10.1. The Balaban J connectivity index is 2.51. The number of nitrogens with zero attached hydrogens (tertiary/aromatic N) is 2. The molecule has 0 aromatic heterocycles. The van der Waals surface area contributed by atoms with Gasteiger partial charge < -0.3 is 4.90 Å². The minimum atomic E-state index is -3.50. The van der Waals surface area contributed by atoms with E-state index in [1.54, 1.807) is 4.90 Å². The first-order valence-electron chi connectivity index (χ1n) is 7.14. The van der Waals surface area contributed by atoms with E-state index in [2.05, 4.69) is 32.6 Å². The third-order valence-corrected chi connectivity index (χ3v) is 4.65. The average Bonchev–Trinajstić information content (AvgIpc) is 2.55. The molecule has 0 aromatic carbocycles. The van der Waals surface area contributed by atoms with Crippen molar-refractivity contribution in [3.05, 3.63) is 0 Å². The SMILES string of the molecule is CC(C)N(CCN1CC(CS(N)(=O)=O)CC1=O)C(C)C. The second-order valence-corrected chi connectivity index (χ2v) is 7.82. The fraction of sp³-hybridized carbons (Fsp3) is 0.923. The third kappa shape index (κ3) is 5.38. The lowest BCUT2D eigenvalue weighted by Gasteiger charge is -2.32. The number of hydrogen-bond acceptors (Lipinski definition) is 4. The molecule has 0 radical (unpaired) electrons. The van der Waals surface area contributed by atoms with Gasteiger partial charge in [0.15, 0.2) is 0 Å². The molecule has 1 unspecified atom stereocenters. The molecule has 1 amide bonds. The molecule has 118 valence electrons. The molecule has 1 heterocycles. The zero-order chi connectivity index (χ0) is 15.5. The molecule has 1 atom stereocenters. The fourth-order valence-electron chi connectivity index (χ4n) is 2.86. The third-order valence-electron chi connectivity index (χ3n) is 3.72. The molecule has 0 aromatic rings. The Kier molecular flexibility index (Phi) is 5.97. The van der Waals surface area contributed by atoms with Crippen molar-refractivity contribution >= 4 is 15.9 Å². The molecule has 6 nitrogen and oxygen atoms in total. The van der Waals surface area contributed by atoms with E-state index in [4.69, 9.17) is 5.14 Å². The molecular weight excluding hydrogens is 278 g/mol. The number of carbonyl (C=O) groups is 1. The Hall–Kier alpha value is -0.660. The van der Waals surface area contributed by atoms with Crippen LogP contribution >= 0.6 is 0 Å². The predicted octanol–water partition coefficient (Wildman–Crippen LogP) is 0.242. The van der Waals surface area contributed by atoms with Crippen LogP contribution in [0.15, 0.2) is 0 Å². The molecular formula is C13H27N3O3S. The van der Waals surface area contributed by atoms with E-state index < -0.39 is 10.0 Å². The van der Waals surface area contributed by atoms with Crippen molar-refractivity contribution in [2.24, 2.45) is 11.1 Å². The van der Waals surface area contributed by atoms with E-state index in [0.29, 0.717) is 31.6 Å². The molecule has 0 aliphatic carbocycles. The number of sulfonamides is 1. The van der Waals surface area contributed by atoms with Gasteiger partial charge in [-0.1, -0.05) is 0 Å². The first kappa shape index (κ1) is 17.4. The van der Waals surface area contributed by atoms with E-state index in [9.17, 15) is 13.2 Å². The average molecular weight is 305 g/mol. The fourth-order valence-corrected chi connectivity index (χ4v) is 3.74. The van der Waals surface area contributed by atoms with Crippen LogP contribution in [0.25, 0.3) is 0 Å². The first-order chi connectivity index (χ1) is 9.10. The van der Waals surface area contributed by atoms with Gasteiger partial charge in [0.05, 0.1) is 5.75 Å². The Morgan fingerprint density at radius 3 is 2.30 bits per heavy atom. The summed E-state index contributed by atoms with van der Waals surface area (Å²) in [5.74, 6) is -0.233. The number of rotatable bonds is 7. The van der Waals surface area contributed by atoms with Crippen LogP contribution in [0.1, 0.15) is 34.1 Å². The quantitative estimate of drug-likeness (QED) is 0.730. The van der Waals surface area contributed by atoms with Gasteiger partial charge in [-0.25, -0.2) is 13.6 Å². The predicted molar refractivity (Wildman–Crippen MR) is 79.6 cm³/mol. The standard InChI is InChI=1S/C13H27N3O3S/c1-10(2)16(11(3)4)6-5-15-8-12(7-13(15)17)9-20(14,18)19/h10-12H,5-9H2,1-4H3,(H2,14,18,19). The molecule has 1 fully saturated rings. The summed E-state index contributed by atoms with van der Waals surface area (Å²) in [6, 6.07) is 0.848. The summed E-state index contributed by atoms with van der Waals surface area (Å²) in [5, 5.41) is 5.04. The van der Waals surface area contributed by atoms with E-state index in [0.717, 1.165) is 6.54 Å². The van der Waals surface area contributed by atoms with Crippen LogP contribution in [0.5, 0.6) is 0 Å². The highest BCUT2D eigenvalue weighted by atomic mass is 32.2. The maximum atomic E-state index is 11.9. The van der Waals surface area contributed by atoms with E-state index in [1.165, 1.54) is 0 Å². The lowest BCUT2D eigenvalue weighted by Crippen LogP contribution is -2.43. The first-order valence-corrected chi connectivity index (χ1v) is 8.85. The zero-order valence-corrected chi connectivity index (χ0v) is 13.7. The van der Waals surface area contributed by atoms with Gasteiger partial charge in [0.1, 0.15) is 0 Å². The number of primary sulfonamides is 1. The number of amides is 1. The summed E-state index contributed by atoms with van der Waals surface area (Å²) in [7, 11) is -3.50. The molecule has 2 N–H and O–H groups in total. The molecule has 7 heteroatoms. The van der Waals surface area contributed by atoms with Gasteiger partial charge in [-0.05, 0) is 27.7 Å². The Labute approximate surface area is 122 Å². The molecule has 1 aliphatic rings. The zero-order valence-electron chi connectivity index (χ0n) is 12.9. The highest BCUT2D eigenvalue weighted by Crippen LogP contribution is 2.19. The Morgan fingerprint density at radius 1 is 1.30 bits per heavy atom. The maximum absolute atomic E-state index is 11.9. The topological polar surface area (TPSA) is 83.7 Å². The maximum Gasteiger partial charge on any atom is 0.223 e. The van der Waals surface area contributed by atoms with E-state index >= 15 is 0 Å². The molecule has 0 spiro atoms. The van der Waals surface area contributed by atoms with Gasteiger partial charge in [0.2, 0.25) is 15.9 Å². The minimum absolute atomic E-state index is 0.0334. The smallest absolute Gasteiger partial charge is 0.223 e. The number of hydrogen-bond donors (Lipinski definition) is 1. The Bertz CT molecular complexity index is 426. The van der Waals surface area contributed by atoms with Gasteiger partial charge in [-0.2, -0.15) is 0 Å². The molecule has 0 saturated carbocycles. The van der Waals surface area contributed by atoms with Gasteiger partial charge in [-0.15, -0.1) is 0 Å². The highest BCUT2D eigenvalue weighted by Gasteiger charge is 2.32. The van der Waals surface area contributed by atoms with Crippen molar-refractivity contribution in [1.29, 1.82) is 0 Å². The van der Waals surface area contributed by atoms with Crippen molar-refractivity contribution in [3.63, 3.8) is 0 Å². The van der Waals surface area contributed by atoms with Crippen LogP contribution < -0.4 is 5.14 Å². The number of nitrogens with two attached hydrogens (primary N) is 1. The van der Waals surface area contributed by atoms with Crippen molar-refractivity contribution in [2.75, 3.05) is 25.4 Å². The van der Waals surface area contributed by atoms with Crippen LogP contribution in [0, 0.1) is 5.92 Å². The summed E-state index contributed by atoms with van der Waals surface area (Å²) in [5.41, 5.74) is 0. The molecule has 1 rings (SSSR count). The Morgan fingerprint density at radius 2 is 1.85 bits per heavy atom. The summed E-state index contributed by atoms with van der Waals surface area (Å²) in [6.45, 7) is 10.5. The van der Waals surface area contributed by atoms with Crippen molar-refractivity contribution in [1.82, 2.24) is 9.80 Å². The van der Waals surface area contributed by atoms with Gasteiger partial charge in [0, 0.05) is 44.1 Å². The van der Waals surface area contributed by atoms with E-state index in [1.807, 2.05) is 0 Å². The summed E-state index contributed by atoms with van der Waals surface area (Å²) in [6.07, 6.45) is 0.291. The van der Waals surface area contributed by atoms with Crippen LogP contribution in [0.2, 0.25) is 0 Å². The van der Waals surface area contributed by atoms with Crippen LogP contribution in [-0.2, 0) is 14.8 Å². The second kappa shape index (κ2) is 6.87. The second-order valence-electron chi connectivity index (χ2n) is 6.16. The summed E-state index contributed by atoms with van der Waals surface area (Å²) >= 11 is 0. The van der Waals surface area contributed by atoms with Gasteiger partial charge in [-0.3, -0.25) is 9.69 Å². The largest absolute Gasteiger partial charge is 0.341 e. The number of carbonyl (C=O) groups excluding carboxylic acids is 1. The van der Waals surface area contributed by atoms with Crippen molar-refractivity contribution in [2.45, 2.75) is 46.2 Å². The monoisotopic (exact) mass is 305 g/mol. The lowest BCUT2D eigenvalue weighted by molar-refractivity contribution is -0.128. The minimum Gasteiger partial charge on any atom is -0.341 e. The summed E-state index contributed by atoms with van der Waals surface area (Å²) in [4.78, 5) is 16.0.